The van der Waals surface area contributed by atoms with Gasteiger partial charge in [-0.05, 0) is 52.6 Å². The second kappa shape index (κ2) is 10.1. The molecule has 3 aromatic carbocycles. The van der Waals surface area contributed by atoms with Gasteiger partial charge in [-0.1, -0.05) is 60.1 Å². The number of carbonyl (C=O) groups is 2. The summed E-state index contributed by atoms with van der Waals surface area (Å²) in [6, 6.07) is 19.1. The number of nitrogens with one attached hydrogen (secondary N) is 2. The molecule has 7 heteroatoms. The minimum atomic E-state index is -0.469. The van der Waals surface area contributed by atoms with Crippen LogP contribution in [0.5, 0.6) is 11.5 Å². The smallest absolute Gasteiger partial charge is 0.276 e. The second-order valence-corrected chi connectivity index (χ2v) is 7.94. The first-order valence-corrected chi connectivity index (χ1v) is 10.3. The molecule has 0 aliphatic rings. The Morgan fingerprint density at radius 1 is 0.867 bits per heavy atom. The Morgan fingerprint density at radius 2 is 1.53 bits per heavy atom. The van der Waals surface area contributed by atoms with E-state index in [1.54, 1.807) is 6.07 Å². The quantitative estimate of drug-likeness (QED) is 0.503. The number of hydrazine groups is 1. The normalized spacial score (nSPS) is 10.7. The zero-order valence-electron chi connectivity index (χ0n) is 16.8. The van der Waals surface area contributed by atoms with Gasteiger partial charge in [0.25, 0.3) is 11.8 Å². The van der Waals surface area contributed by atoms with Crippen molar-refractivity contribution in [1.82, 2.24) is 10.9 Å². The summed E-state index contributed by atoms with van der Waals surface area (Å²) < 4.78 is 12.0. The van der Waals surface area contributed by atoms with Crippen molar-refractivity contribution in [3.05, 3.63) is 70.7 Å². The molecule has 0 aliphatic heterocycles. The number of amides is 2. The van der Waals surface area contributed by atoms with Crippen molar-refractivity contribution in [2.24, 2.45) is 0 Å². The first-order valence-electron chi connectivity index (χ1n) is 9.54. The second-order valence-electron chi connectivity index (χ2n) is 7.02. The van der Waals surface area contributed by atoms with Crippen LogP contribution in [0.2, 0.25) is 0 Å². The van der Waals surface area contributed by atoms with Gasteiger partial charge in [-0.2, -0.15) is 0 Å². The summed E-state index contributed by atoms with van der Waals surface area (Å²) in [6.07, 6.45) is 0. The summed E-state index contributed by atoms with van der Waals surface area (Å²) in [5.41, 5.74) is 5.64. The molecule has 3 aromatic rings. The summed E-state index contributed by atoms with van der Waals surface area (Å²) in [4.78, 5) is 23.9. The molecule has 0 atom stereocenters. The Hall–Kier alpha value is -3.06. The van der Waals surface area contributed by atoms with Crippen LogP contribution in [0, 0.1) is 0 Å². The Labute approximate surface area is 183 Å². The van der Waals surface area contributed by atoms with Gasteiger partial charge >= 0.3 is 0 Å². The van der Waals surface area contributed by atoms with E-state index in [0.29, 0.717) is 11.5 Å². The maximum absolute atomic E-state index is 12.0. The third kappa shape index (κ3) is 5.97. The van der Waals surface area contributed by atoms with Gasteiger partial charge in [0.15, 0.2) is 13.2 Å². The van der Waals surface area contributed by atoms with Gasteiger partial charge in [-0.25, -0.2) is 0 Å². The van der Waals surface area contributed by atoms with Crippen LogP contribution >= 0.6 is 15.9 Å². The van der Waals surface area contributed by atoms with Crippen molar-refractivity contribution in [3.8, 4) is 11.5 Å². The summed E-state index contributed by atoms with van der Waals surface area (Å²) in [5, 5.41) is 2.11. The highest BCUT2D eigenvalue weighted by Crippen LogP contribution is 2.29. The fourth-order valence-electron chi connectivity index (χ4n) is 2.86. The van der Waals surface area contributed by atoms with Crippen LogP contribution in [-0.2, 0) is 9.59 Å². The van der Waals surface area contributed by atoms with Gasteiger partial charge in [0.05, 0.1) is 0 Å². The van der Waals surface area contributed by atoms with Crippen molar-refractivity contribution in [2.45, 2.75) is 19.8 Å². The molecule has 2 N–H and O–H groups in total. The first kappa shape index (κ1) is 21.6. The Balaban J connectivity index is 1.43. The standard InChI is InChI=1S/C23H23BrN2O4/c1-15(2)20-12-18(24)8-10-21(20)30-14-23(28)26-25-22(27)13-29-19-9-7-16-5-3-4-6-17(16)11-19/h3-12,15H,13-14H2,1-2H3,(H,25,27)(H,26,28). The number of hydrogen-bond donors (Lipinski definition) is 2. The number of rotatable bonds is 7. The summed E-state index contributed by atoms with van der Waals surface area (Å²) in [7, 11) is 0. The van der Waals surface area contributed by atoms with E-state index >= 15 is 0 Å². The zero-order valence-corrected chi connectivity index (χ0v) is 18.4. The topological polar surface area (TPSA) is 76.7 Å². The van der Waals surface area contributed by atoms with Gasteiger partial charge in [-0.15, -0.1) is 0 Å². The molecule has 0 radical (unpaired) electrons. The lowest BCUT2D eigenvalue weighted by Crippen LogP contribution is -2.45. The summed E-state index contributed by atoms with van der Waals surface area (Å²) >= 11 is 3.43. The van der Waals surface area contributed by atoms with Crippen molar-refractivity contribution < 1.29 is 19.1 Å². The van der Waals surface area contributed by atoms with Gasteiger partial charge in [0.2, 0.25) is 0 Å². The fourth-order valence-corrected chi connectivity index (χ4v) is 3.24. The van der Waals surface area contributed by atoms with Crippen LogP contribution in [0.25, 0.3) is 10.8 Å². The molecule has 0 aromatic heterocycles. The number of halogens is 1. The predicted molar refractivity (Wildman–Crippen MR) is 119 cm³/mol. The van der Waals surface area contributed by atoms with E-state index in [9.17, 15) is 9.59 Å². The maximum atomic E-state index is 12.0. The van der Waals surface area contributed by atoms with E-state index in [1.807, 2.05) is 68.4 Å². The Kier molecular flexibility index (Phi) is 7.30. The van der Waals surface area contributed by atoms with Crippen LogP contribution < -0.4 is 20.3 Å². The highest BCUT2D eigenvalue weighted by atomic mass is 79.9. The Bertz CT molecular complexity index is 1050. The van der Waals surface area contributed by atoms with E-state index < -0.39 is 11.8 Å². The van der Waals surface area contributed by atoms with E-state index in [4.69, 9.17) is 9.47 Å². The molecule has 0 saturated carbocycles. The van der Waals surface area contributed by atoms with Crippen LogP contribution in [0.1, 0.15) is 25.3 Å². The molecule has 0 unspecified atom stereocenters. The molecule has 0 bridgehead atoms. The van der Waals surface area contributed by atoms with Crippen LogP contribution in [0.3, 0.4) is 0 Å². The number of hydrogen-bond acceptors (Lipinski definition) is 4. The molecule has 0 fully saturated rings. The number of carbonyl (C=O) groups excluding carboxylic acids is 2. The molecular weight excluding hydrogens is 448 g/mol. The van der Waals surface area contributed by atoms with Crippen molar-refractivity contribution in [2.75, 3.05) is 13.2 Å². The monoisotopic (exact) mass is 470 g/mol. The van der Waals surface area contributed by atoms with Gasteiger partial charge < -0.3 is 9.47 Å². The molecule has 156 valence electrons. The number of ether oxygens (including phenoxy) is 2. The lowest BCUT2D eigenvalue weighted by molar-refractivity contribution is -0.131. The average molecular weight is 471 g/mol. The molecule has 30 heavy (non-hydrogen) atoms. The van der Waals surface area contributed by atoms with E-state index in [-0.39, 0.29) is 19.1 Å². The zero-order chi connectivity index (χ0) is 21.5. The van der Waals surface area contributed by atoms with Gasteiger partial charge in [0, 0.05) is 4.47 Å². The summed E-state index contributed by atoms with van der Waals surface area (Å²) in [6.45, 7) is 3.66. The van der Waals surface area contributed by atoms with E-state index in [0.717, 1.165) is 20.8 Å². The third-order valence-electron chi connectivity index (χ3n) is 4.38. The lowest BCUT2D eigenvalue weighted by atomic mass is 10.0. The van der Waals surface area contributed by atoms with Gasteiger partial charge in [-0.3, -0.25) is 20.4 Å². The van der Waals surface area contributed by atoms with Crippen molar-refractivity contribution >= 4 is 38.5 Å². The molecule has 2 amide bonds. The number of fused-ring (bicyclic) bond motifs is 1. The largest absolute Gasteiger partial charge is 0.484 e. The minimum absolute atomic E-state index is 0.215. The predicted octanol–water partition coefficient (Wildman–Crippen LogP) is 4.33. The minimum Gasteiger partial charge on any atom is -0.484 e. The Morgan fingerprint density at radius 3 is 2.23 bits per heavy atom. The van der Waals surface area contributed by atoms with Crippen molar-refractivity contribution in [1.29, 1.82) is 0 Å². The van der Waals surface area contributed by atoms with Crippen LogP contribution in [0.4, 0.5) is 0 Å². The molecule has 6 nitrogen and oxygen atoms in total. The highest BCUT2D eigenvalue weighted by Gasteiger charge is 2.11. The van der Waals surface area contributed by atoms with Crippen LogP contribution in [-0.4, -0.2) is 25.0 Å². The summed E-state index contributed by atoms with van der Waals surface area (Å²) in [5.74, 6) is 0.520. The fraction of sp³-hybridized carbons (Fsp3) is 0.217. The number of benzene rings is 3. The third-order valence-corrected chi connectivity index (χ3v) is 4.88. The van der Waals surface area contributed by atoms with E-state index in [2.05, 4.69) is 26.8 Å². The molecule has 0 saturated heterocycles. The van der Waals surface area contributed by atoms with Gasteiger partial charge in [0.1, 0.15) is 11.5 Å². The first-order chi connectivity index (χ1) is 14.4. The molecule has 3 rings (SSSR count). The molecular formula is C23H23BrN2O4. The van der Waals surface area contributed by atoms with Crippen molar-refractivity contribution in [3.63, 3.8) is 0 Å². The molecule has 0 spiro atoms. The SMILES string of the molecule is CC(C)c1cc(Br)ccc1OCC(=O)NNC(=O)COc1ccc2ccccc2c1. The highest BCUT2D eigenvalue weighted by molar-refractivity contribution is 9.10. The molecule has 0 aliphatic carbocycles. The van der Waals surface area contributed by atoms with E-state index in [1.165, 1.54) is 0 Å². The lowest BCUT2D eigenvalue weighted by Gasteiger charge is -2.14. The average Bonchev–Trinajstić information content (AvgIpc) is 2.75. The maximum Gasteiger partial charge on any atom is 0.276 e. The molecule has 0 heterocycles. The van der Waals surface area contributed by atoms with Crippen LogP contribution in [0.15, 0.2) is 65.1 Å².